The Hall–Kier alpha value is -11.1. The van der Waals surface area contributed by atoms with Crippen LogP contribution in [0.4, 0.5) is 0 Å². The van der Waals surface area contributed by atoms with Gasteiger partial charge in [0.2, 0.25) is 0 Å². The van der Waals surface area contributed by atoms with Gasteiger partial charge in [0.15, 0.2) is 5.78 Å². The molecule has 13 aromatic rings. The van der Waals surface area contributed by atoms with Gasteiger partial charge in [-0.1, -0.05) is 289 Å². The molecule has 3 nitrogen and oxygen atoms in total. The number of carbonyl (C=O) groups excluding carboxylic acids is 1. The average Bonchev–Trinajstić information content (AvgIpc) is 1.62. The van der Waals surface area contributed by atoms with Gasteiger partial charge in [0, 0.05) is 60.9 Å². The maximum atomic E-state index is 13.7. The number of carbonyl (C=O) groups is 1. The summed E-state index contributed by atoms with van der Waals surface area (Å²) in [5, 5.41) is 14.1. The number of nitriles is 1. The summed E-state index contributed by atoms with van der Waals surface area (Å²) in [6.07, 6.45) is 0. The Bertz CT molecular complexity index is 5090. The number of rotatable bonds is 5. The Morgan fingerprint density at radius 2 is 0.693 bits per heavy atom. The fourth-order valence-corrected chi connectivity index (χ4v) is 15.1. The Morgan fingerprint density at radius 1 is 0.307 bits per heavy atom. The number of hydrogen-bond donors (Lipinski definition) is 0. The number of pyridine rings is 1. The molecule has 0 fully saturated rings. The van der Waals surface area contributed by atoms with Crippen LogP contribution in [-0.2, 0) is 15.6 Å². The van der Waals surface area contributed by atoms with E-state index in [-0.39, 0.29) is 16.6 Å². The third-order valence-corrected chi connectivity index (χ3v) is 19.1. The van der Waals surface area contributed by atoms with Crippen LogP contribution in [0.15, 0.2) is 279 Å². The van der Waals surface area contributed by atoms with Crippen molar-refractivity contribution in [2.75, 3.05) is 0 Å². The zero-order valence-corrected chi connectivity index (χ0v) is 49.4. The minimum atomic E-state index is -0.0876. The van der Waals surface area contributed by atoms with Crippen molar-refractivity contribution >= 4 is 49.6 Å². The van der Waals surface area contributed by atoms with E-state index in [1.54, 1.807) is 0 Å². The van der Waals surface area contributed by atoms with Crippen molar-refractivity contribution in [3.8, 4) is 84.2 Å². The molecule has 5 aliphatic rings. The molecule has 0 saturated carbocycles. The van der Waals surface area contributed by atoms with E-state index in [4.69, 9.17) is 10.2 Å². The number of benzene rings is 12. The van der Waals surface area contributed by atoms with Crippen LogP contribution in [0, 0.1) is 11.3 Å². The highest BCUT2D eigenvalue weighted by Crippen LogP contribution is 2.59. The van der Waals surface area contributed by atoms with E-state index in [2.05, 4.69) is 240 Å². The SMILES string of the molecule is CC1(C)c2ccccc2-c2ccc(-c3nc(-c4ccccc4)c4c(c3-c3ccccc3)-c3cccc5cccc-4c35)cc21.CC1(C)c2ccccc2-c2ccc(C#N)cc21.O=C1C(c2ccccc2)=C2C(=C1c1ccccc1)c1cccc3cccc2c13. The first kappa shape index (κ1) is 52.5. The van der Waals surface area contributed by atoms with E-state index in [1.165, 1.54) is 111 Å². The van der Waals surface area contributed by atoms with E-state index in [1.807, 2.05) is 72.8 Å². The van der Waals surface area contributed by atoms with Crippen molar-refractivity contribution in [3.05, 3.63) is 329 Å². The number of hydrogen-bond acceptors (Lipinski definition) is 3. The number of Topliss-reactive ketones (excluding diaryl/α,β-unsaturated/α-hetero) is 1. The molecule has 0 spiro atoms. The third-order valence-electron chi connectivity index (χ3n) is 19.1. The first-order chi connectivity index (χ1) is 43.1. The number of ketones is 1. The largest absolute Gasteiger partial charge is 0.289 e. The molecule has 0 atom stereocenters. The number of nitrogens with zero attached hydrogens (tertiary/aromatic N) is 2. The lowest BCUT2D eigenvalue weighted by molar-refractivity contribution is -0.108. The quantitative estimate of drug-likeness (QED) is 0.173. The summed E-state index contributed by atoms with van der Waals surface area (Å²) < 4.78 is 0. The van der Waals surface area contributed by atoms with Gasteiger partial charge in [-0.05, 0) is 123 Å². The summed E-state index contributed by atoms with van der Waals surface area (Å²) in [6, 6.07) is 100. The maximum absolute atomic E-state index is 13.7. The van der Waals surface area contributed by atoms with Crippen molar-refractivity contribution < 1.29 is 4.79 Å². The van der Waals surface area contributed by atoms with Gasteiger partial charge < -0.3 is 0 Å². The van der Waals surface area contributed by atoms with Gasteiger partial charge in [-0.3, -0.25) is 4.79 Å². The van der Waals surface area contributed by atoms with Gasteiger partial charge >= 0.3 is 0 Å². The summed E-state index contributed by atoms with van der Waals surface area (Å²) in [4.78, 5) is 19.4. The van der Waals surface area contributed by atoms with Gasteiger partial charge in [-0.15, -0.1) is 0 Å². The molecule has 88 heavy (non-hydrogen) atoms. The molecule has 3 heteroatoms. The Morgan fingerprint density at radius 3 is 1.20 bits per heavy atom. The molecular formula is C85H58N2O. The van der Waals surface area contributed by atoms with E-state index >= 15 is 0 Å². The zero-order valence-electron chi connectivity index (χ0n) is 49.4. The van der Waals surface area contributed by atoms with Crippen LogP contribution in [0.1, 0.15) is 77.8 Å². The first-order valence-corrected chi connectivity index (χ1v) is 30.4. The summed E-state index contributed by atoms with van der Waals surface area (Å²) in [7, 11) is 0. The van der Waals surface area contributed by atoms with E-state index in [0.717, 1.165) is 61.5 Å². The smallest absolute Gasteiger partial charge is 0.195 e. The molecule has 1 heterocycles. The van der Waals surface area contributed by atoms with Crippen molar-refractivity contribution in [1.29, 1.82) is 5.26 Å². The number of fused-ring (bicyclic) bond motifs is 12. The fourth-order valence-electron chi connectivity index (χ4n) is 15.1. The first-order valence-electron chi connectivity index (χ1n) is 30.4. The lowest BCUT2D eigenvalue weighted by atomic mass is 9.81. The Balaban J connectivity index is 0.000000118. The van der Waals surface area contributed by atoms with E-state index in [9.17, 15) is 4.79 Å². The molecule has 1 aromatic heterocycles. The molecule has 12 aromatic carbocycles. The topological polar surface area (TPSA) is 53.8 Å². The van der Waals surface area contributed by atoms with Crippen molar-refractivity contribution in [3.63, 3.8) is 0 Å². The lowest BCUT2D eigenvalue weighted by Gasteiger charge is -2.23. The van der Waals surface area contributed by atoms with Gasteiger partial charge in [0.1, 0.15) is 0 Å². The van der Waals surface area contributed by atoms with Gasteiger partial charge in [0.05, 0.1) is 23.0 Å². The van der Waals surface area contributed by atoms with Crippen LogP contribution in [0.5, 0.6) is 0 Å². The molecular weight excluding hydrogens is 1060 g/mol. The molecule has 0 N–H and O–H groups in total. The van der Waals surface area contributed by atoms with Gasteiger partial charge in [-0.25, -0.2) is 4.98 Å². The average molecular weight is 1120 g/mol. The Kier molecular flexibility index (Phi) is 12.1. The second-order valence-electron chi connectivity index (χ2n) is 24.6. The number of allylic oxidation sites excluding steroid dienone is 4. The third kappa shape index (κ3) is 7.96. The van der Waals surface area contributed by atoms with Crippen LogP contribution in [0.2, 0.25) is 0 Å². The molecule has 18 rings (SSSR count). The highest BCUT2D eigenvalue weighted by molar-refractivity contribution is 6.61. The van der Waals surface area contributed by atoms with Gasteiger partial charge in [-0.2, -0.15) is 5.26 Å². The minimum Gasteiger partial charge on any atom is -0.289 e. The van der Waals surface area contributed by atoms with E-state index < -0.39 is 0 Å². The second kappa shape index (κ2) is 20.3. The molecule has 5 aliphatic carbocycles. The zero-order chi connectivity index (χ0) is 59.4. The van der Waals surface area contributed by atoms with Crippen LogP contribution in [0.3, 0.4) is 0 Å². The monoisotopic (exact) mass is 1120 g/mol. The molecule has 0 bridgehead atoms. The van der Waals surface area contributed by atoms with Crippen molar-refractivity contribution in [2.24, 2.45) is 0 Å². The molecule has 0 amide bonds. The molecule has 0 aliphatic heterocycles. The van der Waals surface area contributed by atoms with Gasteiger partial charge in [0.25, 0.3) is 0 Å². The normalized spacial score (nSPS) is 14.2. The van der Waals surface area contributed by atoms with Crippen LogP contribution in [-0.4, -0.2) is 10.8 Å². The second-order valence-corrected chi connectivity index (χ2v) is 24.6. The van der Waals surface area contributed by atoms with Crippen molar-refractivity contribution in [2.45, 2.75) is 38.5 Å². The molecule has 0 unspecified atom stereocenters. The lowest BCUT2D eigenvalue weighted by Crippen LogP contribution is -2.15. The summed E-state index contributed by atoms with van der Waals surface area (Å²) >= 11 is 0. The summed E-state index contributed by atoms with van der Waals surface area (Å²) in [6.45, 7) is 9.14. The molecule has 0 saturated heterocycles. The summed E-state index contributed by atoms with van der Waals surface area (Å²) in [5.41, 5.74) is 31.2. The van der Waals surface area contributed by atoms with E-state index in [0.29, 0.717) is 0 Å². The summed E-state index contributed by atoms with van der Waals surface area (Å²) in [5.74, 6) is 0.119. The predicted octanol–water partition coefficient (Wildman–Crippen LogP) is 21.3. The molecule has 414 valence electrons. The standard InChI is InChI=1S/C42H29N.C27H16O.C16H13N/c1-42(2)34-22-10-9-19-30(34)31-24-23-29(25-35(31)42)41-37(27-13-5-3-6-14-27)38-32-20-11-17-26-18-12-21-33(36(26)32)39(38)40(43-41)28-15-7-4-8-16-28;28-27-23(18-9-3-1-4-10-18)25-20-15-7-13-17-14-8-16-21(22(17)20)26(25)24(27)19-11-5-2-6-12-19;1-16(2)14-6-4-3-5-12(14)13-8-7-11(10-17)9-15(13)16/h3-25H,1-2H3;1-16H;3-9H,1-2H3. The Labute approximate surface area is 513 Å². The van der Waals surface area contributed by atoms with Crippen LogP contribution in [0.25, 0.3) is 122 Å². The van der Waals surface area contributed by atoms with Crippen LogP contribution < -0.4 is 0 Å². The highest BCUT2D eigenvalue weighted by atomic mass is 16.1. The predicted molar refractivity (Wildman–Crippen MR) is 364 cm³/mol. The minimum absolute atomic E-state index is 0.00120. The molecule has 0 radical (unpaired) electrons. The highest BCUT2D eigenvalue weighted by Gasteiger charge is 2.41. The van der Waals surface area contributed by atoms with Crippen LogP contribution >= 0.6 is 0 Å². The van der Waals surface area contributed by atoms with Crippen molar-refractivity contribution in [1.82, 2.24) is 4.98 Å². The fraction of sp³-hybridized carbons (Fsp3) is 0.0706. The number of aromatic nitrogens is 1. The maximum Gasteiger partial charge on any atom is 0.195 e.